The number of anilines is 1. The fourth-order valence-corrected chi connectivity index (χ4v) is 2.44. The highest BCUT2D eigenvalue weighted by Gasteiger charge is 2.14. The molecule has 0 aliphatic rings. The summed E-state index contributed by atoms with van der Waals surface area (Å²) in [5.41, 5.74) is 3.65. The molecule has 1 N–H and O–H groups in total. The maximum absolute atomic E-state index is 12.4. The lowest BCUT2D eigenvalue weighted by molar-refractivity contribution is 0.102. The zero-order chi connectivity index (χ0) is 17.2. The lowest BCUT2D eigenvalue weighted by Crippen LogP contribution is -2.14. The molecule has 2 aromatic carbocycles. The Kier molecular flexibility index (Phi) is 4.21. The molecular formula is C20H21N3O. The number of benzene rings is 2. The fourth-order valence-electron chi connectivity index (χ4n) is 2.44. The van der Waals surface area contributed by atoms with Crippen LogP contribution < -0.4 is 5.32 Å². The molecule has 0 atom stereocenters. The number of carbonyl (C=O) groups is 1. The minimum Gasteiger partial charge on any atom is -0.322 e. The number of nitrogens with one attached hydrogen (secondary N) is 1. The second-order valence-corrected chi connectivity index (χ2v) is 6.78. The van der Waals surface area contributed by atoms with Crippen molar-refractivity contribution >= 4 is 11.6 Å². The van der Waals surface area contributed by atoms with Crippen molar-refractivity contribution in [2.45, 2.75) is 26.2 Å². The van der Waals surface area contributed by atoms with Gasteiger partial charge in [-0.25, -0.2) is 4.68 Å². The van der Waals surface area contributed by atoms with Crippen molar-refractivity contribution < 1.29 is 4.79 Å². The molecule has 3 rings (SSSR count). The summed E-state index contributed by atoms with van der Waals surface area (Å²) < 4.78 is 1.77. The van der Waals surface area contributed by atoms with E-state index in [-0.39, 0.29) is 11.3 Å². The zero-order valence-electron chi connectivity index (χ0n) is 14.2. The summed E-state index contributed by atoms with van der Waals surface area (Å²) in [6, 6.07) is 17.2. The number of rotatable bonds is 3. The molecule has 0 saturated heterocycles. The number of hydrogen-bond donors (Lipinski definition) is 1. The Hall–Kier alpha value is -2.88. The van der Waals surface area contributed by atoms with Crippen LogP contribution in [-0.4, -0.2) is 15.7 Å². The number of aromatic nitrogens is 2. The standard InChI is InChI=1S/C20H21N3O/c1-20(2,3)16-7-5-15(6-8-16)19(24)22-17-9-11-18(12-10-17)23-14-4-13-21-23/h4-14H,1-3H3,(H,22,24). The topological polar surface area (TPSA) is 46.9 Å². The summed E-state index contributed by atoms with van der Waals surface area (Å²) in [4.78, 5) is 12.4. The summed E-state index contributed by atoms with van der Waals surface area (Å²) in [6.45, 7) is 6.47. The third kappa shape index (κ3) is 3.54. The van der Waals surface area contributed by atoms with Gasteiger partial charge < -0.3 is 5.32 Å². The Morgan fingerprint density at radius 1 is 1.00 bits per heavy atom. The minimum absolute atomic E-state index is 0.0807. The maximum Gasteiger partial charge on any atom is 0.255 e. The van der Waals surface area contributed by atoms with Gasteiger partial charge in [0.1, 0.15) is 0 Å². The highest BCUT2D eigenvalue weighted by molar-refractivity contribution is 6.04. The van der Waals surface area contributed by atoms with E-state index in [0.29, 0.717) is 5.56 Å². The van der Waals surface area contributed by atoms with Crippen LogP contribution in [0.3, 0.4) is 0 Å². The predicted molar refractivity (Wildman–Crippen MR) is 96.7 cm³/mol. The second-order valence-electron chi connectivity index (χ2n) is 6.78. The smallest absolute Gasteiger partial charge is 0.255 e. The molecule has 122 valence electrons. The summed E-state index contributed by atoms with van der Waals surface area (Å²) in [6.07, 6.45) is 3.61. The molecule has 0 spiro atoms. The molecule has 1 aromatic heterocycles. The van der Waals surface area contributed by atoms with Crippen LogP contribution in [0.1, 0.15) is 36.7 Å². The van der Waals surface area contributed by atoms with Crippen LogP contribution in [0.2, 0.25) is 0 Å². The first-order valence-electron chi connectivity index (χ1n) is 7.95. The van der Waals surface area contributed by atoms with E-state index in [1.54, 1.807) is 10.9 Å². The first kappa shape index (κ1) is 16.0. The van der Waals surface area contributed by atoms with Gasteiger partial charge in [-0.15, -0.1) is 0 Å². The summed E-state index contributed by atoms with van der Waals surface area (Å²) in [7, 11) is 0. The molecular weight excluding hydrogens is 298 g/mol. The van der Waals surface area contributed by atoms with Crippen LogP contribution >= 0.6 is 0 Å². The van der Waals surface area contributed by atoms with E-state index in [0.717, 1.165) is 11.4 Å². The molecule has 3 aromatic rings. The molecule has 4 heteroatoms. The highest BCUT2D eigenvalue weighted by Crippen LogP contribution is 2.22. The molecule has 0 unspecified atom stereocenters. The van der Waals surface area contributed by atoms with Crippen molar-refractivity contribution in [1.29, 1.82) is 0 Å². The van der Waals surface area contributed by atoms with Crippen molar-refractivity contribution in [3.8, 4) is 5.69 Å². The van der Waals surface area contributed by atoms with E-state index in [1.165, 1.54) is 5.56 Å². The Morgan fingerprint density at radius 3 is 2.21 bits per heavy atom. The van der Waals surface area contributed by atoms with E-state index >= 15 is 0 Å². The van der Waals surface area contributed by atoms with Crippen LogP contribution in [-0.2, 0) is 5.41 Å². The number of carbonyl (C=O) groups excluding carboxylic acids is 1. The average molecular weight is 319 g/mol. The van der Waals surface area contributed by atoms with Crippen molar-refractivity contribution in [1.82, 2.24) is 9.78 Å². The third-order valence-corrected chi connectivity index (χ3v) is 3.91. The van der Waals surface area contributed by atoms with Gasteiger partial charge in [0.2, 0.25) is 0 Å². The molecule has 0 bridgehead atoms. The largest absolute Gasteiger partial charge is 0.322 e. The van der Waals surface area contributed by atoms with Gasteiger partial charge >= 0.3 is 0 Å². The Bertz CT molecular complexity index is 811. The first-order chi connectivity index (χ1) is 11.4. The van der Waals surface area contributed by atoms with Gasteiger partial charge in [-0.05, 0) is 53.4 Å². The van der Waals surface area contributed by atoms with Gasteiger partial charge in [-0.2, -0.15) is 5.10 Å². The molecule has 0 saturated carbocycles. The number of nitrogens with zero attached hydrogens (tertiary/aromatic N) is 2. The Morgan fingerprint density at radius 2 is 1.67 bits per heavy atom. The molecule has 0 radical (unpaired) electrons. The van der Waals surface area contributed by atoms with Gasteiger partial charge in [0.25, 0.3) is 5.91 Å². The van der Waals surface area contributed by atoms with Gasteiger partial charge in [0.05, 0.1) is 5.69 Å². The van der Waals surface area contributed by atoms with Crippen LogP contribution in [0.15, 0.2) is 67.0 Å². The van der Waals surface area contributed by atoms with E-state index in [2.05, 4.69) is 31.2 Å². The van der Waals surface area contributed by atoms with Crippen molar-refractivity contribution in [2.75, 3.05) is 5.32 Å². The summed E-state index contributed by atoms with van der Waals surface area (Å²) in [5, 5.41) is 7.10. The van der Waals surface area contributed by atoms with Crippen LogP contribution in [0.5, 0.6) is 0 Å². The predicted octanol–water partition coefficient (Wildman–Crippen LogP) is 4.42. The van der Waals surface area contributed by atoms with Gasteiger partial charge in [-0.1, -0.05) is 32.9 Å². The molecule has 0 aliphatic carbocycles. The van der Waals surface area contributed by atoms with Crippen molar-refractivity contribution in [2.24, 2.45) is 0 Å². The number of hydrogen-bond acceptors (Lipinski definition) is 2. The lowest BCUT2D eigenvalue weighted by atomic mass is 9.87. The molecule has 0 aliphatic heterocycles. The van der Waals surface area contributed by atoms with E-state index in [1.807, 2.05) is 60.8 Å². The molecule has 1 heterocycles. The third-order valence-electron chi connectivity index (χ3n) is 3.91. The normalized spacial score (nSPS) is 11.3. The quantitative estimate of drug-likeness (QED) is 0.776. The monoisotopic (exact) mass is 319 g/mol. The lowest BCUT2D eigenvalue weighted by Gasteiger charge is -2.19. The Labute approximate surface area is 142 Å². The SMILES string of the molecule is CC(C)(C)c1ccc(C(=O)Nc2ccc(-n3cccn3)cc2)cc1. The van der Waals surface area contributed by atoms with Crippen LogP contribution in [0.25, 0.3) is 5.69 Å². The highest BCUT2D eigenvalue weighted by atomic mass is 16.1. The first-order valence-corrected chi connectivity index (χ1v) is 7.95. The van der Waals surface area contributed by atoms with Crippen molar-refractivity contribution in [3.05, 3.63) is 78.1 Å². The zero-order valence-corrected chi connectivity index (χ0v) is 14.2. The van der Waals surface area contributed by atoms with E-state index < -0.39 is 0 Å². The van der Waals surface area contributed by atoms with Gasteiger partial charge in [-0.3, -0.25) is 4.79 Å². The van der Waals surface area contributed by atoms with E-state index in [9.17, 15) is 4.79 Å². The fraction of sp³-hybridized carbons (Fsp3) is 0.200. The summed E-state index contributed by atoms with van der Waals surface area (Å²) >= 11 is 0. The number of amides is 1. The molecule has 4 nitrogen and oxygen atoms in total. The Balaban J connectivity index is 1.70. The summed E-state index contributed by atoms with van der Waals surface area (Å²) in [5.74, 6) is -0.109. The van der Waals surface area contributed by atoms with Crippen LogP contribution in [0.4, 0.5) is 5.69 Å². The van der Waals surface area contributed by atoms with Gasteiger partial charge in [0.15, 0.2) is 0 Å². The molecule has 24 heavy (non-hydrogen) atoms. The average Bonchev–Trinajstić information content (AvgIpc) is 3.09. The van der Waals surface area contributed by atoms with Crippen LogP contribution in [0, 0.1) is 0 Å². The van der Waals surface area contributed by atoms with Gasteiger partial charge in [0, 0.05) is 23.6 Å². The van der Waals surface area contributed by atoms with E-state index in [4.69, 9.17) is 0 Å². The maximum atomic E-state index is 12.4. The van der Waals surface area contributed by atoms with Crippen molar-refractivity contribution in [3.63, 3.8) is 0 Å². The minimum atomic E-state index is -0.109. The second kappa shape index (κ2) is 6.32. The molecule has 1 amide bonds. The molecule has 0 fully saturated rings.